The fraction of sp³-hybridized carbons (Fsp3) is 0.148. The van der Waals surface area contributed by atoms with Gasteiger partial charge in [-0.15, -0.1) is 5.10 Å². The molecule has 6 nitrogen and oxygen atoms in total. The van der Waals surface area contributed by atoms with E-state index in [2.05, 4.69) is 24.3 Å². The number of carbonyl (C=O) groups excluding carboxylic acids is 1. The zero-order chi connectivity index (χ0) is 24.1. The lowest BCUT2D eigenvalue weighted by molar-refractivity contribution is 0.102. The van der Waals surface area contributed by atoms with E-state index in [-0.39, 0.29) is 11.5 Å². The second kappa shape index (κ2) is 10.4. The molecule has 1 aromatic heterocycles. The van der Waals surface area contributed by atoms with Crippen LogP contribution in [-0.4, -0.2) is 15.7 Å². The number of ether oxygens (including phenoxy) is 1. The van der Waals surface area contributed by atoms with Crippen LogP contribution in [0.5, 0.6) is 5.88 Å². The molecule has 0 aliphatic heterocycles. The summed E-state index contributed by atoms with van der Waals surface area (Å²) in [5.74, 6) is 0.501. The minimum atomic E-state index is -0.304. The van der Waals surface area contributed by atoms with Crippen molar-refractivity contribution in [2.75, 3.05) is 5.32 Å². The van der Waals surface area contributed by atoms with Crippen LogP contribution in [0.15, 0.2) is 89.7 Å². The lowest BCUT2D eigenvalue weighted by Crippen LogP contribution is -2.20. The summed E-state index contributed by atoms with van der Waals surface area (Å²) < 4.78 is 6.96. The largest absolute Gasteiger partial charge is 0.472 e. The Bertz CT molecular complexity index is 1330. The van der Waals surface area contributed by atoms with Crippen LogP contribution < -0.4 is 15.6 Å². The third-order valence-corrected chi connectivity index (χ3v) is 5.54. The molecule has 34 heavy (non-hydrogen) atoms. The molecule has 4 aromatic rings. The van der Waals surface area contributed by atoms with E-state index in [0.717, 1.165) is 11.3 Å². The number of amides is 1. The maximum Gasteiger partial charge on any atom is 0.271 e. The predicted octanol–water partition coefficient (Wildman–Crippen LogP) is 5.84. The number of carbonyl (C=O) groups is 1. The number of nitrogens with zero attached hydrogens (tertiary/aromatic N) is 2. The summed E-state index contributed by atoms with van der Waals surface area (Å²) in [5.41, 5.74) is 3.56. The SMILES string of the molecule is CC(C)c1ccc(NC(=O)c2ccc(-n3nc(OCc4ccc(Cl)cc4)ccc3=O)cc2)cc1. The van der Waals surface area contributed by atoms with Crippen LogP contribution in [0.3, 0.4) is 0 Å². The van der Waals surface area contributed by atoms with Crippen LogP contribution >= 0.6 is 11.6 Å². The van der Waals surface area contributed by atoms with Crippen molar-refractivity contribution >= 4 is 23.2 Å². The van der Waals surface area contributed by atoms with Gasteiger partial charge in [-0.05, 0) is 65.6 Å². The van der Waals surface area contributed by atoms with Crippen molar-refractivity contribution in [2.24, 2.45) is 0 Å². The third-order valence-electron chi connectivity index (χ3n) is 5.29. The molecule has 0 spiro atoms. The van der Waals surface area contributed by atoms with Gasteiger partial charge >= 0.3 is 0 Å². The van der Waals surface area contributed by atoms with E-state index in [4.69, 9.17) is 16.3 Å². The molecule has 4 rings (SSSR count). The molecule has 0 saturated heterocycles. The van der Waals surface area contributed by atoms with Crippen molar-refractivity contribution in [1.82, 2.24) is 9.78 Å². The monoisotopic (exact) mass is 473 g/mol. The molecule has 1 N–H and O–H groups in total. The first kappa shape index (κ1) is 23.3. The van der Waals surface area contributed by atoms with Crippen molar-refractivity contribution < 1.29 is 9.53 Å². The van der Waals surface area contributed by atoms with E-state index in [1.165, 1.54) is 22.4 Å². The number of benzene rings is 3. The maximum absolute atomic E-state index is 12.6. The van der Waals surface area contributed by atoms with Gasteiger partial charge in [0, 0.05) is 28.4 Å². The zero-order valence-corrected chi connectivity index (χ0v) is 19.6. The van der Waals surface area contributed by atoms with Crippen molar-refractivity contribution in [3.05, 3.63) is 117 Å². The van der Waals surface area contributed by atoms with Crippen LogP contribution in [0.25, 0.3) is 5.69 Å². The Morgan fingerprint density at radius 3 is 2.26 bits per heavy atom. The first-order valence-corrected chi connectivity index (χ1v) is 11.3. The van der Waals surface area contributed by atoms with E-state index < -0.39 is 0 Å². The molecule has 0 radical (unpaired) electrons. The van der Waals surface area contributed by atoms with Crippen LogP contribution in [0, 0.1) is 0 Å². The molecule has 0 unspecified atom stereocenters. The molecule has 172 valence electrons. The van der Waals surface area contributed by atoms with Gasteiger partial charge in [-0.2, -0.15) is 4.68 Å². The fourth-order valence-corrected chi connectivity index (χ4v) is 3.43. The number of nitrogens with one attached hydrogen (secondary N) is 1. The van der Waals surface area contributed by atoms with Gasteiger partial charge in [0.15, 0.2) is 0 Å². The highest BCUT2D eigenvalue weighted by molar-refractivity contribution is 6.30. The Labute approximate surface area is 202 Å². The van der Waals surface area contributed by atoms with Crippen molar-refractivity contribution in [3.63, 3.8) is 0 Å². The molecule has 1 heterocycles. The molecule has 1 amide bonds. The summed E-state index contributed by atoms with van der Waals surface area (Å²) >= 11 is 5.91. The maximum atomic E-state index is 12.6. The molecule has 0 bridgehead atoms. The first-order chi connectivity index (χ1) is 16.4. The van der Waals surface area contributed by atoms with Crippen molar-refractivity contribution in [1.29, 1.82) is 0 Å². The van der Waals surface area contributed by atoms with Crippen LogP contribution in [0.2, 0.25) is 5.02 Å². The predicted molar refractivity (Wildman–Crippen MR) is 134 cm³/mol. The second-order valence-corrected chi connectivity index (χ2v) is 8.55. The van der Waals surface area contributed by atoms with Gasteiger partial charge in [-0.3, -0.25) is 9.59 Å². The van der Waals surface area contributed by atoms with E-state index in [1.807, 2.05) is 36.4 Å². The highest BCUT2D eigenvalue weighted by atomic mass is 35.5. The number of aromatic nitrogens is 2. The minimum Gasteiger partial charge on any atom is -0.472 e. The highest BCUT2D eigenvalue weighted by Crippen LogP contribution is 2.18. The van der Waals surface area contributed by atoms with Gasteiger partial charge in [0.05, 0.1) is 5.69 Å². The molecular formula is C27H24ClN3O3. The molecule has 0 fully saturated rings. The summed E-state index contributed by atoms with van der Waals surface area (Å²) in [4.78, 5) is 25.0. The lowest BCUT2D eigenvalue weighted by Gasteiger charge is -2.10. The van der Waals surface area contributed by atoms with Gasteiger partial charge in [0.1, 0.15) is 6.61 Å². The fourth-order valence-electron chi connectivity index (χ4n) is 3.30. The molecule has 0 aliphatic rings. The normalized spacial score (nSPS) is 10.8. The lowest BCUT2D eigenvalue weighted by atomic mass is 10.0. The van der Waals surface area contributed by atoms with Gasteiger partial charge in [0.25, 0.3) is 11.5 Å². The van der Waals surface area contributed by atoms with Gasteiger partial charge in [-0.1, -0.05) is 49.7 Å². The Balaban J connectivity index is 1.45. The summed E-state index contributed by atoms with van der Waals surface area (Å²) in [6.45, 7) is 4.53. The Hall–Kier alpha value is -3.90. The molecular weight excluding hydrogens is 450 g/mol. The Kier molecular flexibility index (Phi) is 7.09. The first-order valence-electron chi connectivity index (χ1n) is 10.9. The second-order valence-electron chi connectivity index (χ2n) is 8.11. The molecule has 0 atom stereocenters. The molecule has 3 aromatic carbocycles. The van der Waals surface area contributed by atoms with E-state index >= 15 is 0 Å². The number of hydrogen-bond donors (Lipinski definition) is 1. The zero-order valence-electron chi connectivity index (χ0n) is 18.9. The van der Waals surface area contributed by atoms with E-state index in [0.29, 0.717) is 34.7 Å². The summed E-state index contributed by atoms with van der Waals surface area (Å²) in [6, 6.07) is 24.7. The smallest absolute Gasteiger partial charge is 0.271 e. The van der Waals surface area contributed by atoms with Gasteiger partial charge in [0.2, 0.25) is 5.88 Å². The molecule has 7 heteroatoms. The standard InChI is InChI=1S/C27H24ClN3O3/c1-18(2)20-5-11-23(12-6-20)29-27(33)21-7-13-24(14-8-21)31-26(32)16-15-25(30-31)34-17-19-3-9-22(28)10-4-19/h3-16,18H,17H2,1-2H3,(H,29,33). The number of anilines is 1. The number of hydrogen-bond acceptors (Lipinski definition) is 4. The van der Waals surface area contributed by atoms with E-state index in [9.17, 15) is 9.59 Å². The Morgan fingerprint density at radius 2 is 1.62 bits per heavy atom. The van der Waals surface area contributed by atoms with Crippen LogP contribution in [0.4, 0.5) is 5.69 Å². The highest BCUT2D eigenvalue weighted by Gasteiger charge is 2.09. The topological polar surface area (TPSA) is 73.2 Å². The summed E-state index contributed by atoms with van der Waals surface area (Å²) in [5, 5.41) is 7.83. The average Bonchev–Trinajstić information content (AvgIpc) is 2.85. The Morgan fingerprint density at radius 1 is 0.941 bits per heavy atom. The van der Waals surface area contributed by atoms with E-state index in [1.54, 1.807) is 36.4 Å². The molecule has 0 saturated carbocycles. The van der Waals surface area contributed by atoms with Crippen LogP contribution in [0.1, 0.15) is 41.3 Å². The number of rotatable bonds is 7. The minimum absolute atomic E-state index is 0.232. The van der Waals surface area contributed by atoms with Crippen molar-refractivity contribution in [3.8, 4) is 11.6 Å². The quantitative estimate of drug-likeness (QED) is 0.366. The van der Waals surface area contributed by atoms with Crippen molar-refractivity contribution in [2.45, 2.75) is 26.4 Å². The summed E-state index contributed by atoms with van der Waals surface area (Å²) in [7, 11) is 0. The third kappa shape index (κ3) is 5.71. The summed E-state index contributed by atoms with van der Waals surface area (Å²) in [6.07, 6.45) is 0. The molecule has 0 aliphatic carbocycles. The van der Waals surface area contributed by atoms with Gasteiger partial charge < -0.3 is 10.1 Å². The average molecular weight is 474 g/mol. The number of halogens is 1. The van der Waals surface area contributed by atoms with Crippen LogP contribution in [-0.2, 0) is 6.61 Å². The van der Waals surface area contributed by atoms with Gasteiger partial charge in [-0.25, -0.2) is 0 Å².